The summed E-state index contributed by atoms with van der Waals surface area (Å²) in [4.78, 5) is 0. The van der Waals surface area contributed by atoms with Crippen molar-refractivity contribution in [1.82, 2.24) is 0 Å². The maximum Gasteiger partial charge on any atom is 0.123 e. The first-order valence-corrected chi connectivity index (χ1v) is 12.1. The fraction of sp³-hybridized carbons (Fsp3) is 0.571. The number of halogens is 1. The average molecular weight is 409 g/mol. The van der Waals surface area contributed by atoms with E-state index in [4.69, 9.17) is 4.74 Å². The number of hydrogen-bond acceptors (Lipinski definition) is 1. The summed E-state index contributed by atoms with van der Waals surface area (Å²) >= 11 is 0. The van der Waals surface area contributed by atoms with Gasteiger partial charge < -0.3 is 4.74 Å². The highest BCUT2D eigenvalue weighted by atomic mass is 19.1. The summed E-state index contributed by atoms with van der Waals surface area (Å²) < 4.78 is 18.4. The molecule has 0 aromatic heterocycles. The van der Waals surface area contributed by atoms with E-state index >= 15 is 0 Å². The zero-order valence-electron chi connectivity index (χ0n) is 18.5. The van der Waals surface area contributed by atoms with Crippen molar-refractivity contribution in [3.05, 3.63) is 59.9 Å². The van der Waals surface area contributed by atoms with Crippen molar-refractivity contribution in [2.45, 2.75) is 70.1 Å². The van der Waals surface area contributed by atoms with E-state index in [1.165, 1.54) is 87.5 Å². The summed E-state index contributed by atoms with van der Waals surface area (Å²) in [5, 5.41) is 0. The van der Waals surface area contributed by atoms with Gasteiger partial charge in [-0.25, -0.2) is 4.39 Å². The van der Waals surface area contributed by atoms with Gasteiger partial charge in [-0.15, -0.1) is 0 Å². The molecule has 2 aliphatic carbocycles. The van der Waals surface area contributed by atoms with Crippen molar-refractivity contribution in [1.29, 1.82) is 0 Å². The molecule has 0 atom stereocenters. The van der Waals surface area contributed by atoms with E-state index in [1.807, 2.05) is 19.2 Å². The Labute approximate surface area is 182 Å². The third kappa shape index (κ3) is 5.52. The van der Waals surface area contributed by atoms with Gasteiger partial charge in [-0.3, -0.25) is 0 Å². The van der Waals surface area contributed by atoms with Crippen LogP contribution in [-0.2, 0) is 4.74 Å². The molecule has 2 saturated carbocycles. The van der Waals surface area contributed by atoms with Gasteiger partial charge in [0.25, 0.3) is 0 Å². The smallest absolute Gasteiger partial charge is 0.123 e. The first-order valence-electron chi connectivity index (χ1n) is 12.1. The minimum Gasteiger partial charge on any atom is -0.385 e. The maximum atomic E-state index is 13.2. The van der Waals surface area contributed by atoms with E-state index in [0.717, 1.165) is 29.9 Å². The minimum atomic E-state index is -0.174. The number of ether oxygens (including phenoxy) is 1. The van der Waals surface area contributed by atoms with E-state index in [9.17, 15) is 4.39 Å². The highest BCUT2D eigenvalue weighted by molar-refractivity contribution is 5.63. The van der Waals surface area contributed by atoms with Gasteiger partial charge in [0.15, 0.2) is 0 Å². The number of methoxy groups -OCH3 is 1. The average Bonchev–Trinajstić information content (AvgIpc) is 2.81. The Bertz CT molecular complexity index is 750. The summed E-state index contributed by atoms with van der Waals surface area (Å²) in [6.07, 6.45) is 13.9. The van der Waals surface area contributed by atoms with E-state index in [2.05, 4.69) is 24.3 Å². The van der Waals surface area contributed by atoms with Gasteiger partial charge in [-0.1, -0.05) is 49.2 Å². The van der Waals surface area contributed by atoms with Crippen molar-refractivity contribution in [3.8, 4) is 11.1 Å². The molecule has 4 rings (SSSR count). The molecule has 0 radical (unpaired) electrons. The number of hydrogen-bond donors (Lipinski definition) is 0. The largest absolute Gasteiger partial charge is 0.385 e. The molecule has 0 unspecified atom stereocenters. The number of benzene rings is 2. The molecule has 1 nitrogen and oxygen atoms in total. The van der Waals surface area contributed by atoms with Crippen LogP contribution in [0.4, 0.5) is 4.39 Å². The zero-order valence-corrected chi connectivity index (χ0v) is 18.5. The Kier molecular flexibility index (Phi) is 7.60. The van der Waals surface area contributed by atoms with Gasteiger partial charge in [-0.2, -0.15) is 0 Å². The fourth-order valence-electron chi connectivity index (χ4n) is 5.98. The Morgan fingerprint density at radius 1 is 0.733 bits per heavy atom. The molecule has 2 aromatic rings. The lowest BCUT2D eigenvalue weighted by Crippen LogP contribution is -2.25. The molecule has 30 heavy (non-hydrogen) atoms. The van der Waals surface area contributed by atoms with Crippen LogP contribution in [0.5, 0.6) is 0 Å². The Morgan fingerprint density at radius 3 is 1.83 bits per heavy atom. The second-order valence-electron chi connectivity index (χ2n) is 9.66. The van der Waals surface area contributed by atoms with Crippen molar-refractivity contribution >= 4 is 0 Å². The van der Waals surface area contributed by atoms with E-state index in [-0.39, 0.29) is 5.82 Å². The summed E-state index contributed by atoms with van der Waals surface area (Å²) in [5.41, 5.74) is 3.75. The molecular weight excluding hydrogens is 371 g/mol. The van der Waals surface area contributed by atoms with Crippen LogP contribution in [0.2, 0.25) is 0 Å². The van der Waals surface area contributed by atoms with Crippen LogP contribution < -0.4 is 0 Å². The van der Waals surface area contributed by atoms with Gasteiger partial charge in [0, 0.05) is 13.7 Å². The summed E-state index contributed by atoms with van der Waals surface area (Å²) in [6.45, 7) is 0.925. The number of rotatable bonds is 7. The van der Waals surface area contributed by atoms with Gasteiger partial charge in [-0.05, 0) is 104 Å². The molecular formula is C28H37FO. The van der Waals surface area contributed by atoms with Gasteiger partial charge in [0.2, 0.25) is 0 Å². The van der Waals surface area contributed by atoms with Crippen molar-refractivity contribution < 1.29 is 9.13 Å². The standard InChI is InChI=1S/C28H37FO/c1-30-20-2-3-21-4-6-22(7-5-21)23-8-10-24(11-9-23)25-12-14-26(15-13-25)27-16-18-28(29)19-17-27/h12-19,21-24H,2-11,20H2,1H3/t21-,22-,23?,24?. The Hall–Kier alpha value is -1.67. The normalized spacial score (nSPS) is 27.1. The summed E-state index contributed by atoms with van der Waals surface area (Å²) in [5.74, 6) is 3.43. The molecule has 2 aliphatic rings. The Morgan fingerprint density at radius 2 is 1.27 bits per heavy atom. The summed E-state index contributed by atoms with van der Waals surface area (Å²) in [7, 11) is 1.81. The molecule has 0 amide bonds. The highest BCUT2D eigenvalue weighted by Crippen LogP contribution is 2.44. The van der Waals surface area contributed by atoms with Crippen LogP contribution >= 0.6 is 0 Å². The molecule has 0 saturated heterocycles. The second-order valence-corrected chi connectivity index (χ2v) is 9.66. The minimum absolute atomic E-state index is 0.174. The zero-order chi connectivity index (χ0) is 20.8. The molecule has 0 bridgehead atoms. The highest BCUT2D eigenvalue weighted by Gasteiger charge is 2.31. The van der Waals surface area contributed by atoms with Crippen molar-refractivity contribution in [2.24, 2.45) is 17.8 Å². The van der Waals surface area contributed by atoms with Crippen LogP contribution in [0.3, 0.4) is 0 Å². The van der Waals surface area contributed by atoms with E-state index < -0.39 is 0 Å². The monoisotopic (exact) mass is 408 g/mol. The lowest BCUT2D eigenvalue weighted by molar-refractivity contribution is 0.144. The van der Waals surface area contributed by atoms with E-state index in [0.29, 0.717) is 5.92 Å². The Balaban J connectivity index is 1.24. The van der Waals surface area contributed by atoms with Crippen molar-refractivity contribution in [3.63, 3.8) is 0 Å². The summed E-state index contributed by atoms with van der Waals surface area (Å²) in [6, 6.07) is 15.8. The molecule has 0 aliphatic heterocycles. The predicted octanol–water partition coefficient (Wildman–Crippen LogP) is 8.00. The molecule has 2 aromatic carbocycles. The van der Waals surface area contributed by atoms with Crippen LogP contribution in [0.1, 0.15) is 75.7 Å². The van der Waals surface area contributed by atoms with Crippen LogP contribution in [0, 0.1) is 23.6 Å². The molecule has 0 N–H and O–H groups in total. The van der Waals surface area contributed by atoms with Crippen LogP contribution in [0.25, 0.3) is 11.1 Å². The molecule has 162 valence electrons. The maximum absolute atomic E-state index is 13.2. The molecule has 2 heteroatoms. The quantitative estimate of drug-likeness (QED) is 0.422. The SMILES string of the molecule is COCCC[C@H]1CC[C@H](C2CCC(c3ccc(-c4ccc(F)cc4)cc3)CC2)CC1. The van der Waals surface area contributed by atoms with Crippen LogP contribution in [0.15, 0.2) is 48.5 Å². The topological polar surface area (TPSA) is 9.23 Å². The third-order valence-electron chi connectivity index (χ3n) is 7.85. The second kappa shape index (κ2) is 10.6. The third-order valence-corrected chi connectivity index (χ3v) is 7.85. The first-order chi connectivity index (χ1) is 14.7. The molecule has 2 fully saturated rings. The van der Waals surface area contributed by atoms with Crippen molar-refractivity contribution in [2.75, 3.05) is 13.7 Å². The van der Waals surface area contributed by atoms with Gasteiger partial charge in [0.1, 0.15) is 5.82 Å². The van der Waals surface area contributed by atoms with Gasteiger partial charge >= 0.3 is 0 Å². The molecule has 0 spiro atoms. The first kappa shape index (κ1) is 21.6. The predicted molar refractivity (Wildman–Crippen MR) is 123 cm³/mol. The molecule has 0 heterocycles. The van der Waals surface area contributed by atoms with E-state index in [1.54, 1.807) is 0 Å². The lowest BCUT2D eigenvalue weighted by Gasteiger charge is -2.38. The van der Waals surface area contributed by atoms with Gasteiger partial charge in [0.05, 0.1) is 0 Å². The lowest BCUT2D eigenvalue weighted by atomic mass is 9.68. The van der Waals surface area contributed by atoms with Crippen LogP contribution in [-0.4, -0.2) is 13.7 Å². The fourth-order valence-corrected chi connectivity index (χ4v) is 5.98.